The Balaban J connectivity index is 2.10. The molecule has 0 aliphatic carbocycles. The fourth-order valence-corrected chi connectivity index (χ4v) is 2.28. The minimum absolute atomic E-state index is 0.117. The van der Waals surface area contributed by atoms with Gasteiger partial charge in [-0.2, -0.15) is 0 Å². The summed E-state index contributed by atoms with van der Waals surface area (Å²) in [5.41, 5.74) is 0.164. The zero-order valence-corrected chi connectivity index (χ0v) is 11.9. The van der Waals surface area contributed by atoms with E-state index in [4.69, 9.17) is 27.9 Å². The van der Waals surface area contributed by atoms with Crippen molar-refractivity contribution in [2.24, 2.45) is 0 Å². The zero-order chi connectivity index (χ0) is 14.5. The van der Waals surface area contributed by atoms with Crippen LogP contribution in [-0.4, -0.2) is 17.5 Å². The first-order valence-electron chi connectivity index (χ1n) is 5.84. The van der Waals surface area contributed by atoms with E-state index < -0.39 is 0 Å². The van der Waals surface area contributed by atoms with Gasteiger partial charge in [0.25, 0.3) is 5.56 Å². The Morgan fingerprint density at radius 3 is 2.75 bits per heavy atom. The van der Waals surface area contributed by atoms with Gasteiger partial charge >= 0.3 is 0 Å². The van der Waals surface area contributed by atoms with Crippen molar-refractivity contribution in [3.63, 3.8) is 0 Å². The Kier molecular flexibility index (Phi) is 4.82. The maximum absolute atomic E-state index is 11.5. The van der Waals surface area contributed by atoms with Gasteiger partial charge in [-0.1, -0.05) is 29.3 Å². The summed E-state index contributed by atoms with van der Waals surface area (Å²) in [6.07, 6.45) is 2.29. The third kappa shape index (κ3) is 3.40. The largest absolute Gasteiger partial charge is 0.489 e. The van der Waals surface area contributed by atoms with E-state index in [1.54, 1.807) is 18.3 Å². The average Bonchev–Trinajstić information content (AvgIpc) is 2.42. The van der Waals surface area contributed by atoms with Gasteiger partial charge in [0.2, 0.25) is 0 Å². The minimum atomic E-state index is -0.117. The number of aromatic nitrogens is 1. The van der Waals surface area contributed by atoms with E-state index in [1.807, 2.05) is 0 Å². The van der Waals surface area contributed by atoms with E-state index in [-0.39, 0.29) is 28.5 Å². The maximum Gasteiger partial charge on any atom is 0.250 e. The molecule has 0 aliphatic rings. The highest BCUT2D eigenvalue weighted by Crippen LogP contribution is 2.31. The van der Waals surface area contributed by atoms with Crippen LogP contribution >= 0.6 is 23.2 Å². The molecule has 0 radical (unpaired) electrons. The van der Waals surface area contributed by atoms with Gasteiger partial charge in [0.1, 0.15) is 12.4 Å². The molecule has 0 fully saturated rings. The SMILES string of the molecule is O=Cc1cc(Cl)cc(Cl)c1OCCn1ccccc1=O. The Bertz CT molecular complexity index is 682. The molecule has 1 aromatic carbocycles. The molecule has 0 amide bonds. The normalized spacial score (nSPS) is 10.3. The van der Waals surface area contributed by atoms with E-state index in [2.05, 4.69) is 0 Å². The number of benzene rings is 1. The summed E-state index contributed by atoms with van der Waals surface area (Å²) in [6.45, 7) is 0.572. The fraction of sp³-hybridized carbons (Fsp3) is 0.143. The van der Waals surface area contributed by atoms with Crippen LogP contribution in [0.5, 0.6) is 5.75 Å². The molecular weight excluding hydrogens is 301 g/mol. The number of aldehydes is 1. The lowest BCUT2D eigenvalue weighted by molar-refractivity contribution is 0.111. The van der Waals surface area contributed by atoms with Gasteiger partial charge in [0.15, 0.2) is 6.29 Å². The average molecular weight is 312 g/mol. The molecule has 104 valence electrons. The molecule has 0 bridgehead atoms. The molecule has 4 nitrogen and oxygen atoms in total. The number of carbonyl (C=O) groups excluding carboxylic acids is 1. The van der Waals surface area contributed by atoms with Crippen LogP contribution in [0.1, 0.15) is 10.4 Å². The number of hydrogen-bond donors (Lipinski definition) is 0. The number of nitrogens with zero attached hydrogens (tertiary/aromatic N) is 1. The highest BCUT2D eigenvalue weighted by atomic mass is 35.5. The van der Waals surface area contributed by atoms with Crippen molar-refractivity contribution in [3.8, 4) is 5.75 Å². The first-order chi connectivity index (χ1) is 9.61. The molecule has 0 aliphatic heterocycles. The molecule has 2 rings (SSSR count). The summed E-state index contributed by atoms with van der Waals surface area (Å²) in [4.78, 5) is 22.5. The predicted octanol–water partition coefficient (Wildman–Crippen LogP) is 3.05. The van der Waals surface area contributed by atoms with Crippen LogP contribution in [0.3, 0.4) is 0 Å². The third-order valence-electron chi connectivity index (χ3n) is 2.64. The Morgan fingerprint density at radius 2 is 2.05 bits per heavy atom. The van der Waals surface area contributed by atoms with Crippen molar-refractivity contribution < 1.29 is 9.53 Å². The second-order valence-electron chi connectivity index (χ2n) is 4.00. The number of rotatable bonds is 5. The number of hydrogen-bond acceptors (Lipinski definition) is 3. The first-order valence-corrected chi connectivity index (χ1v) is 6.60. The molecule has 1 heterocycles. The monoisotopic (exact) mass is 311 g/mol. The lowest BCUT2D eigenvalue weighted by Gasteiger charge is -2.11. The summed E-state index contributed by atoms with van der Waals surface area (Å²) >= 11 is 11.8. The van der Waals surface area contributed by atoms with Crippen molar-refractivity contribution in [1.29, 1.82) is 0 Å². The molecule has 0 saturated carbocycles. The molecule has 1 aromatic heterocycles. The van der Waals surface area contributed by atoms with Crippen LogP contribution in [0.25, 0.3) is 0 Å². The fourth-order valence-electron chi connectivity index (χ4n) is 1.71. The smallest absolute Gasteiger partial charge is 0.250 e. The first kappa shape index (κ1) is 14.6. The van der Waals surface area contributed by atoms with Gasteiger partial charge < -0.3 is 9.30 Å². The molecular formula is C14H11Cl2NO3. The summed E-state index contributed by atoms with van der Waals surface area (Å²) < 4.78 is 7.00. The molecule has 0 saturated heterocycles. The second-order valence-corrected chi connectivity index (χ2v) is 4.85. The molecule has 20 heavy (non-hydrogen) atoms. The van der Waals surface area contributed by atoms with Crippen molar-refractivity contribution in [2.45, 2.75) is 6.54 Å². The van der Waals surface area contributed by atoms with Crippen molar-refractivity contribution in [1.82, 2.24) is 4.57 Å². The van der Waals surface area contributed by atoms with Gasteiger partial charge in [0, 0.05) is 17.3 Å². The van der Waals surface area contributed by atoms with Gasteiger partial charge in [0.05, 0.1) is 17.1 Å². The third-order valence-corrected chi connectivity index (χ3v) is 3.14. The minimum Gasteiger partial charge on any atom is -0.489 e. The van der Waals surface area contributed by atoms with Gasteiger partial charge in [-0.25, -0.2) is 0 Å². The molecule has 0 atom stereocenters. The Hall–Kier alpha value is -1.78. The predicted molar refractivity (Wildman–Crippen MR) is 78.0 cm³/mol. The summed E-state index contributed by atoms with van der Waals surface area (Å²) in [5.74, 6) is 0.273. The number of halogens is 2. The number of ether oxygens (including phenoxy) is 1. The maximum atomic E-state index is 11.5. The molecule has 2 aromatic rings. The van der Waals surface area contributed by atoms with E-state index in [0.717, 1.165) is 0 Å². The lowest BCUT2D eigenvalue weighted by atomic mass is 10.2. The van der Waals surface area contributed by atoms with Gasteiger partial charge in [-0.15, -0.1) is 0 Å². The van der Waals surface area contributed by atoms with E-state index >= 15 is 0 Å². The summed E-state index contributed by atoms with van der Waals surface area (Å²) in [6, 6.07) is 7.87. The van der Waals surface area contributed by atoms with E-state index in [1.165, 1.54) is 22.8 Å². The zero-order valence-electron chi connectivity index (χ0n) is 10.4. The van der Waals surface area contributed by atoms with Crippen LogP contribution in [0.2, 0.25) is 10.0 Å². The Labute approximate surface area is 125 Å². The van der Waals surface area contributed by atoms with Crippen LogP contribution in [0.4, 0.5) is 0 Å². The topological polar surface area (TPSA) is 48.3 Å². The van der Waals surface area contributed by atoms with Crippen LogP contribution in [-0.2, 0) is 6.54 Å². The van der Waals surface area contributed by atoms with Crippen molar-refractivity contribution in [2.75, 3.05) is 6.61 Å². The van der Waals surface area contributed by atoms with Gasteiger partial charge in [-0.3, -0.25) is 9.59 Å². The standard InChI is InChI=1S/C14H11Cl2NO3/c15-11-7-10(9-18)14(12(16)8-11)20-6-5-17-4-2-1-3-13(17)19/h1-4,7-9H,5-6H2. The van der Waals surface area contributed by atoms with Gasteiger partial charge in [-0.05, 0) is 18.2 Å². The number of pyridine rings is 1. The van der Waals surface area contributed by atoms with Crippen LogP contribution < -0.4 is 10.3 Å². The second kappa shape index (κ2) is 6.59. The Morgan fingerprint density at radius 1 is 1.25 bits per heavy atom. The quantitative estimate of drug-likeness (QED) is 0.797. The van der Waals surface area contributed by atoms with E-state index in [0.29, 0.717) is 17.9 Å². The molecule has 0 spiro atoms. The lowest BCUT2D eigenvalue weighted by Crippen LogP contribution is -2.21. The molecule has 0 unspecified atom stereocenters. The van der Waals surface area contributed by atoms with Crippen molar-refractivity contribution >= 4 is 29.5 Å². The molecule has 6 heteroatoms. The van der Waals surface area contributed by atoms with E-state index in [9.17, 15) is 9.59 Å². The number of carbonyl (C=O) groups is 1. The van der Waals surface area contributed by atoms with Crippen molar-refractivity contribution in [3.05, 3.63) is 62.5 Å². The highest BCUT2D eigenvalue weighted by Gasteiger charge is 2.10. The molecule has 0 N–H and O–H groups in total. The summed E-state index contributed by atoms with van der Waals surface area (Å²) in [7, 11) is 0. The summed E-state index contributed by atoms with van der Waals surface area (Å²) in [5, 5.41) is 0.628. The van der Waals surface area contributed by atoms with Crippen LogP contribution in [0, 0.1) is 0 Å². The van der Waals surface area contributed by atoms with Crippen LogP contribution in [0.15, 0.2) is 41.3 Å². The highest BCUT2D eigenvalue weighted by molar-refractivity contribution is 6.36.